The summed E-state index contributed by atoms with van der Waals surface area (Å²) in [6.45, 7) is 0. The molecule has 2 aliphatic rings. The van der Waals surface area contributed by atoms with Crippen molar-refractivity contribution >= 4 is 30.7 Å². The van der Waals surface area contributed by atoms with Gasteiger partial charge in [0.1, 0.15) is 5.78 Å². The summed E-state index contributed by atoms with van der Waals surface area (Å²) >= 11 is 3.70. The molecule has 14 heavy (non-hydrogen) atoms. The number of carbonyl (C=O) groups is 2. The quantitative estimate of drug-likeness (QED) is 0.618. The lowest BCUT2D eigenvalue weighted by molar-refractivity contribution is -0.131. The van der Waals surface area contributed by atoms with Gasteiger partial charge in [0, 0.05) is 12.6 Å². The maximum Gasteiger partial charge on any atom is 0.238 e. The van der Waals surface area contributed by atoms with Gasteiger partial charge in [-0.05, 0) is 12.8 Å². The molecule has 1 N–H and O–H groups in total. The predicted octanol–water partition coefficient (Wildman–Crippen LogP) is 0.386. The second-order valence-corrected chi connectivity index (χ2v) is 3.98. The van der Waals surface area contributed by atoms with Crippen molar-refractivity contribution in [1.82, 2.24) is 4.72 Å². The number of aliphatic imine (C=N–C) groups is 1. The molecule has 3 unspecified atom stereocenters. The zero-order valence-corrected chi connectivity index (χ0v) is 8.54. The smallest absolute Gasteiger partial charge is 0.238 e. The standard InChI is InChI=1S/C9H12N2O2S/c12-7-3-1-2-6-8(7)5(4-10-6)9(13)11-14/h4-6,8,14H,1-3H2,(H,11,13). The SMILES string of the molecule is O=C(NS)C1C=NC2CCCC(=O)C21. The van der Waals surface area contributed by atoms with Crippen LogP contribution in [0.15, 0.2) is 4.99 Å². The number of hydrogen-bond acceptors (Lipinski definition) is 4. The minimum absolute atomic E-state index is 0.0342. The Labute approximate surface area is 87.7 Å². The molecule has 0 aromatic heterocycles. The Balaban J connectivity index is 2.18. The highest BCUT2D eigenvalue weighted by atomic mass is 32.1. The molecule has 0 spiro atoms. The number of nitrogens with zero attached hydrogens (tertiary/aromatic N) is 1. The molecule has 0 radical (unpaired) electrons. The molecule has 2 rings (SSSR count). The van der Waals surface area contributed by atoms with E-state index in [1.807, 2.05) is 0 Å². The van der Waals surface area contributed by atoms with Gasteiger partial charge in [-0.1, -0.05) is 12.8 Å². The third kappa shape index (κ3) is 1.45. The highest BCUT2D eigenvalue weighted by molar-refractivity contribution is 7.78. The maximum atomic E-state index is 11.6. The molecule has 1 fully saturated rings. The monoisotopic (exact) mass is 212 g/mol. The summed E-state index contributed by atoms with van der Waals surface area (Å²) in [6, 6.07) is 0.0342. The molecule has 0 aromatic rings. The number of amides is 1. The molecule has 0 saturated heterocycles. The molecule has 1 heterocycles. The second kappa shape index (κ2) is 3.73. The van der Waals surface area contributed by atoms with Crippen LogP contribution in [-0.4, -0.2) is 23.9 Å². The van der Waals surface area contributed by atoms with Gasteiger partial charge >= 0.3 is 0 Å². The number of carbonyl (C=O) groups excluding carboxylic acids is 2. The first-order valence-electron chi connectivity index (χ1n) is 4.74. The zero-order valence-electron chi connectivity index (χ0n) is 7.64. The Morgan fingerprint density at radius 3 is 3.14 bits per heavy atom. The third-order valence-corrected chi connectivity index (χ3v) is 3.17. The van der Waals surface area contributed by atoms with Gasteiger partial charge < -0.3 is 4.72 Å². The van der Waals surface area contributed by atoms with E-state index in [-0.39, 0.29) is 23.7 Å². The van der Waals surface area contributed by atoms with E-state index in [2.05, 4.69) is 22.5 Å². The minimum Gasteiger partial charge on any atom is -0.302 e. The van der Waals surface area contributed by atoms with E-state index in [0.717, 1.165) is 12.8 Å². The molecule has 5 heteroatoms. The van der Waals surface area contributed by atoms with Crippen molar-refractivity contribution in [2.24, 2.45) is 16.8 Å². The number of thiol groups is 1. The molecular weight excluding hydrogens is 200 g/mol. The number of ketones is 1. The van der Waals surface area contributed by atoms with Crippen LogP contribution >= 0.6 is 12.8 Å². The Bertz CT molecular complexity index is 303. The van der Waals surface area contributed by atoms with Crippen molar-refractivity contribution in [2.45, 2.75) is 25.3 Å². The van der Waals surface area contributed by atoms with Crippen LogP contribution in [0.2, 0.25) is 0 Å². The van der Waals surface area contributed by atoms with Gasteiger partial charge in [-0.3, -0.25) is 14.6 Å². The maximum absolute atomic E-state index is 11.6. The molecule has 1 aliphatic heterocycles. The van der Waals surface area contributed by atoms with E-state index < -0.39 is 5.92 Å². The first kappa shape index (κ1) is 9.71. The van der Waals surface area contributed by atoms with Crippen molar-refractivity contribution in [3.05, 3.63) is 0 Å². The highest BCUT2D eigenvalue weighted by Gasteiger charge is 2.43. The van der Waals surface area contributed by atoms with Crippen LogP contribution in [0.25, 0.3) is 0 Å². The van der Waals surface area contributed by atoms with Crippen molar-refractivity contribution in [1.29, 1.82) is 0 Å². The Hall–Kier alpha value is -0.840. The summed E-state index contributed by atoms with van der Waals surface area (Å²) in [6.07, 6.45) is 4.00. The lowest BCUT2D eigenvalue weighted by Crippen LogP contribution is -2.39. The number of hydrogen-bond donors (Lipinski definition) is 2. The lowest BCUT2D eigenvalue weighted by atomic mass is 9.78. The van der Waals surface area contributed by atoms with Gasteiger partial charge in [-0.25, -0.2) is 0 Å². The number of rotatable bonds is 1. The van der Waals surface area contributed by atoms with E-state index >= 15 is 0 Å². The largest absolute Gasteiger partial charge is 0.302 e. The number of fused-ring (bicyclic) bond motifs is 1. The van der Waals surface area contributed by atoms with Gasteiger partial charge in [0.05, 0.1) is 17.9 Å². The topological polar surface area (TPSA) is 58.5 Å². The fraction of sp³-hybridized carbons (Fsp3) is 0.667. The third-order valence-electron chi connectivity index (χ3n) is 2.95. The van der Waals surface area contributed by atoms with Gasteiger partial charge in [-0.15, -0.1) is 0 Å². The van der Waals surface area contributed by atoms with Crippen molar-refractivity contribution in [2.75, 3.05) is 0 Å². The highest BCUT2D eigenvalue weighted by Crippen LogP contribution is 2.33. The van der Waals surface area contributed by atoms with E-state index in [0.29, 0.717) is 6.42 Å². The van der Waals surface area contributed by atoms with E-state index in [1.54, 1.807) is 6.21 Å². The molecule has 1 saturated carbocycles. The van der Waals surface area contributed by atoms with Crippen LogP contribution in [0, 0.1) is 11.8 Å². The molecule has 1 aliphatic carbocycles. The molecule has 1 amide bonds. The van der Waals surface area contributed by atoms with Gasteiger partial charge in [0.25, 0.3) is 0 Å². The normalized spacial score (nSPS) is 35.5. The Morgan fingerprint density at radius 1 is 1.64 bits per heavy atom. The first-order valence-corrected chi connectivity index (χ1v) is 5.18. The van der Waals surface area contributed by atoms with Gasteiger partial charge in [0.15, 0.2) is 0 Å². The van der Waals surface area contributed by atoms with Crippen LogP contribution in [0.5, 0.6) is 0 Å². The van der Waals surface area contributed by atoms with Crippen LogP contribution in [-0.2, 0) is 9.59 Å². The summed E-state index contributed by atoms with van der Waals surface area (Å²) in [5, 5.41) is 0. The minimum atomic E-state index is -0.398. The van der Waals surface area contributed by atoms with Crippen molar-refractivity contribution in [3.8, 4) is 0 Å². The molecule has 4 nitrogen and oxygen atoms in total. The van der Waals surface area contributed by atoms with Crippen LogP contribution in [0.4, 0.5) is 0 Å². The fourth-order valence-electron chi connectivity index (χ4n) is 2.25. The lowest BCUT2D eigenvalue weighted by Gasteiger charge is -2.25. The average molecular weight is 212 g/mol. The van der Waals surface area contributed by atoms with Crippen molar-refractivity contribution in [3.63, 3.8) is 0 Å². The summed E-state index contributed by atoms with van der Waals surface area (Å²) in [7, 11) is 0. The number of nitrogens with one attached hydrogen (secondary N) is 1. The van der Waals surface area contributed by atoms with E-state index in [9.17, 15) is 9.59 Å². The molecule has 3 atom stereocenters. The Kier molecular flexibility index (Phi) is 2.58. The van der Waals surface area contributed by atoms with Gasteiger partial charge in [-0.2, -0.15) is 0 Å². The summed E-state index contributed by atoms with van der Waals surface area (Å²) in [4.78, 5) is 27.2. The molecule has 0 aromatic carbocycles. The fourth-order valence-corrected chi connectivity index (χ4v) is 2.40. The molecular formula is C9H12N2O2S. The van der Waals surface area contributed by atoms with Crippen LogP contribution in [0.3, 0.4) is 0 Å². The Morgan fingerprint density at radius 2 is 2.43 bits per heavy atom. The number of Topliss-reactive ketones (excluding diaryl/α,β-unsaturated/α-hetero) is 1. The molecule has 76 valence electrons. The van der Waals surface area contributed by atoms with E-state index in [1.165, 1.54) is 0 Å². The zero-order chi connectivity index (χ0) is 10.1. The summed E-state index contributed by atoms with van der Waals surface area (Å²) < 4.78 is 2.27. The second-order valence-electron chi connectivity index (χ2n) is 3.75. The summed E-state index contributed by atoms with van der Waals surface area (Å²) in [5.74, 6) is -0.679. The van der Waals surface area contributed by atoms with Gasteiger partial charge in [0.2, 0.25) is 5.91 Å². The van der Waals surface area contributed by atoms with E-state index in [4.69, 9.17) is 0 Å². The molecule has 0 bridgehead atoms. The van der Waals surface area contributed by atoms with Crippen LogP contribution in [0.1, 0.15) is 19.3 Å². The average Bonchev–Trinajstić information content (AvgIpc) is 2.62. The summed E-state index contributed by atoms with van der Waals surface area (Å²) in [5.41, 5.74) is 0. The van der Waals surface area contributed by atoms with Crippen molar-refractivity contribution < 1.29 is 9.59 Å². The first-order chi connectivity index (χ1) is 6.74. The predicted molar refractivity (Wildman–Crippen MR) is 55.2 cm³/mol. The van der Waals surface area contributed by atoms with Crippen LogP contribution < -0.4 is 4.72 Å².